The molecule has 0 aliphatic rings. The van der Waals surface area contributed by atoms with Gasteiger partial charge in [0.1, 0.15) is 6.61 Å². The molecule has 0 aliphatic carbocycles. The highest BCUT2D eigenvalue weighted by Gasteiger charge is 2.09. The van der Waals surface area contributed by atoms with E-state index in [1.807, 2.05) is 24.3 Å². The van der Waals surface area contributed by atoms with Crippen LogP contribution in [0.4, 0.5) is 11.4 Å². The summed E-state index contributed by atoms with van der Waals surface area (Å²) in [6, 6.07) is 17.1. The normalized spacial score (nSPS) is 10.4. The Kier molecular flexibility index (Phi) is 6.80. The highest BCUT2D eigenvalue weighted by molar-refractivity contribution is 6.36. The van der Waals surface area contributed by atoms with Gasteiger partial charge in [0.2, 0.25) is 0 Å². The maximum Gasteiger partial charge on any atom is 0.269 e. The van der Waals surface area contributed by atoms with Crippen LogP contribution in [0.5, 0.6) is 11.5 Å². The van der Waals surface area contributed by atoms with Crippen LogP contribution in [0.1, 0.15) is 11.1 Å². The zero-order valence-corrected chi connectivity index (χ0v) is 17.0. The molecule has 3 rings (SSSR count). The molecule has 0 unspecified atom stereocenters. The molecule has 0 aliphatic heterocycles. The summed E-state index contributed by atoms with van der Waals surface area (Å²) < 4.78 is 11.2. The molecular weight excluding hydrogens is 415 g/mol. The molecular formula is C21H18Cl2N2O4. The Morgan fingerprint density at radius 2 is 1.69 bits per heavy atom. The molecule has 0 atom stereocenters. The molecule has 0 spiro atoms. The van der Waals surface area contributed by atoms with Crippen molar-refractivity contribution in [2.45, 2.75) is 13.2 Å². The summed E-state index contributed by atoms with van der Waals surface area (Å²) in [6.45, 7) is 0.812. The number of anilines is 1. The van der Waals surface area contributed by atoms with E-state index in [9.17, 15) is 10.1 Å². The summed E-state index contributed by atoms with van der Waals surface area (Å²) in [6.07, 6.45) is 0. The third kappa shape index (κ3) is 5.53. The van der Waals surface area contributed by atoms with Gasteiger partial charge < -0.3 is 14.8 Å². The van der Waals surface area contributed by atoms with Gasteiger partial charge in [-0.25, -0.2) is 0 Å². The Morgan fingerprint density at radius 3 is 2.34 bits per heavy atom. The van der Waals surface area contributed by atoms with Crippen LogP contribution >= 0.6 is 23.2 Å². The lowest BCUT2D eigenvalue weighted by atomic mass is 10.2. The number of rotatable bonds is 8. The first kappa shape index (κ1) is 20.8. The predicted molar refractivity (Wildman–Crippen MR) is 114 cm³/mol. The van der Waals surface area contributed by atoms with Gasteiger partial charge in [-0.2, -0.15) is 0 Å². The first-order valence-corrected chi connectivity index (χ1v) is 9.44. The molecule has 0 bridgehead atoms. The van der Waals surface area contributed by atoms with Crippen molar-refractivity contribution in [2.75, 3.05) is 12.4 Å². The fourth-order valence-electron chi connectivity index (χ4n) is 2.65. The highest BCUT2D eigenvalue weighted by Crippen LogP contribution is 2.30. The Hall–Kier alpha value is -2.96. The fraction of sp³-hybridized carbons (Fsp3) is 0.143. The van der Waals surface area contributed by atoms with Crippen LogP contribution in [-0.2, 0) is 13.2 Å². The van der Waals surface area contributed by atoms with Crippen LogP contribution in [-0.4, -0.2) is 12.0 Å². The molecule has 3 aromatic rings. The summed E-state index contributed by atoms with van der Waals surface area (Å²) in [5.74, 6) is 1.17. The lowest BCUT2D eigenvalue weighted by Gasteiger charge is -2.13. The third-order valence-corrected chi connectivity index (χ3v) is 4.73. The molecule has 8 heteroatoms. The van der Waals surface area contributed by atoms with E-state index in [1.165, 1.54) is 12.1 Å². The van der Waals surface area contributed by atoms with E-state index < -0.39 is 4.92 Å². The standard InChI is InChI=1S/C21H18Cl2N2O4/c1-28-21-10-15(12-24-19-8-5-16(22)11-18(19)23)4-9-20(21)29-13-14-2-6-17(7-3-14)25(26)27/h2-11,24H,12-13H2,1H3. The number of nitrogens with one attached hydrogen (secondary N) is 1. The van der Waals surface area contributed by atoms with Crippen LogP contribution < -0.4 is 14.8 Å². The van der Waals surface area contributed by atoms with Crippen LogP contribution in [0, 0.1) is 10.1 Å². The van der Waals surface area contributed by atoms with Crippen molar-refractivity contribution in [1.82, 2.24) is 0 Å². The second-order valence-electron chi connectivity index (χ2n) is 6.18. The fourth-order valence-corrected chi connectivity index (χ4v) is 3.12. The van der Waals surface area contributed by atoms with Crippen molar-refractivity contribution in [3.8, 4) is 11.5 Å². The van der Waals surface area contributed by atoms with Gasteiger partial charge in [-0.15, -0.1) is 0 Å². The van der Waals surface area contributed by atoms with E-state index in [-0.39, 0.29) is 12.3 Å². The lowest BCUT2D eigenvalue weighted by molar-refractivity contribution is -0.384. The summed E-state index contributed by atoms with van der Waals surface area (Å²) in [5.41, 5.74) is 2.63. The summed E-state index contributed by atoms with van der Waals surface area (Å²) in [4.78, 5) is 10.3. The minimum atomic E-state index is -0.433. The summed E-state index contributed by atoms with van der Waals surface area (Å²) >= 11 is 12.1. The summed E-state index contributed by atoms with van der Waals surface area (Å²) in [7, 11) is 1.57. The molecule has 0 heterocycles. The lowest BCUT2D eigenvalue weighted by Crippen LogP contribution is -2.02. The first-order chi connectivity index (χ1) is 14.0. The minimum Gasteiger partial charge on any atom is -0.493 e. The van der Waals surface area contributed by atoms with Crippen LogP contribution in [0.25, 0.3) is 0 Å². The summed E-state index contributed by atoms with van der Waals surface area (Å²) in [5, 5.41) is 15.1. The maximum atomic E-state index is 10.7. The van der Waals surface area contributed by atoms with Gasteiger partial charge >= 0.3 is 0 Å². The van der Waals surface area contributed by atoms with E-state index in [1.54, 1.807) is 31.4 Å². The van der Waals surface area contributed by atoms with Gasteiger partial charge in [0, 0.05) is 23.7 Å². The maximum absolute atomic E-state index is 10.7. The number of nitrogens with zero attached hydrogens (tertiary/aromatic N) is 1. The van der Waals surface area contributed by atoms with Gasteiger partial charge in [0.15, 0.2) is 11.5 Å². The average Bonchev–Trinajstić information content (AvgIpc) is 2.72. The molecule has 0 saturated carbocycles. The van der Waals surface area contributed by atoms with Crippen molar-refractivity contribution < 1.29 is 14.4 Å². The largest absolute Gasteiger partial charge is 0.493 e. The Bertz CT molecular complexity index is 1010. The Labute approximate surface area is 178 Å². The number of nitro groups is 1. The predicted octanol–water partition coefficient (Wildman–Crippen LogP) is 6.10. The van der Waals surface area contributed by atoms with Gasteiger partial charge in [0.05, 0.1) is 22.7 Å². The van der Waals surface area contributed by atoms with Crippen molar-refractivity contribution in [2.24, 2.45) is 0 Å². The number of ether oxygens (including phenoxy) is 2. The molecule has 150 valence electrons. The first-order valence-electron chi connectivity index (χ1n) is 8.68. The zero-order valence-electron chi connectivity index (χ0n) is 15.5. The van der Waals surface area contributed by atoms with Gasteiger partial charge in [-0.1, -0.05) is 29.3 Å². The van der Waals surface area contributed by atoms with Crippen molar-refractivity contribution in [3.63, 3.8) is 0 Å². The molecule has 0 radical (unpaired) electrons. The Morgan fingerprint density at radius 1 is 0.966 bits per heavy atom. The zero-order chi connectivity index (χ0) is 20.8. The second-order valence-corrected chi connectivity index (χ2v) is 7.02. The van der Waals surface area contributed by atoms with Gasteiger partial charge in [-0.3, -0.25) is 10.1 Å². The molecule has 6 nitrogen and oxygen atoms in total. The van der Waals surface area contributed by atoms with Gasteiger partial charge in [0.25, 0.3) is 5.69 Å². The van der Waals surface area contributed by atoms with Crippen LogP contribution in [0.15, 0.2) is 60.7 Å². The van der Waals surface area contributed by atoms with Crippen molar-refractivity contribution in [3.05, 3.63) is 92.0 Å². The number of halogens is 2. The molecule has 3 aromatic carbocycles. The Balaban J connectivity index is 1.64. The number of non-ortho nitro benzene ring substituents is 1. The molecule has 0 saturated heterocycles. The smallest absolute Gasteiger partial charge is 0.269 e. The van der Waals surface area contributed by atoms with Gasteiger partial charge in [-0.05, 0) is 53.6 Å². The minimum absolute atomic E-state index is 0.0453. The number of hydrogen-bond acceptors (Lipinski definition) is 5. The molecule has 29 heavy (non-hydrogen) atoms. The average molecular weight is 433 g/mol. The van der Waals surface area contributed by atoms with Crippen molar-refractivity contribution in [1.29, 1.82) is 0 Å². The van der Waals surface area contributed by atoms with E-state index in [4.69, 9.17) is 32.7 Å². The second kappa shape index (κ2) is 9.49. The van der Waals surface area contributed by atoms with E-state index >= 15 is 0 Å². The molecule has 0 aromatic heterocycles. The topological polar surface area (TPSA) is 73.6 Å². The van der Waals surface area contributed by atoms with Crippen LogP contribution in [0.2, 0.25) is 10.0 Å². The van der Waals surface area contributed by atoms with E-state index in [0.717, 1.165) is 16.8 Å². The monoisotopic (exact) mass is 432 g/mol. The highest BCUT2D eigenvalue weighted by atomic mass is 35.5. The number of methoxy groups -OCH3 is 1. The van der Waals surface area contributed by atoms with E-state index in [0.29, 0.717) is 28.1 Å². The SMILES string of the molecule is COc1cc(CNc2ccc(Cl)cc2Cl)ccc1OCc1ccc([N+](=O)[O-])cc1. The number of benzene rings is 3. The molecule has 0 amide bonds. The van der Waals surface area contributed by atoms with E-state index in [2.05, 4.69) is 5.32 Å². The van der Waals surface area contributed by atoms with Crippen LogP contribution in [0.3, 0.4) is 0 Å². The molecule has 1 N–H and O–H groups in total. The number of hydrogen-bond donors (Lipinski definition) is 1. The van der Waals surface area contributed by atoms with Crippen molar-refractivity contribution >= 4 is 34.6 Å². The quantitative estimate of drug-likeness (QED) is 0.343. The molecule has 0 fully saturated rings. The third-order valence-electron chi connectivity index (χ3n) is 4.18. The number of nitro benzene ring substituents is 1.